The van der Waals surface area contributed by atoms with Gasteiger partial charge in [-0.05, 0) is 57.7 Å². The molecule has 1 saturated heterocycles. The van der Waals surface area contributed by atoms with Gasteiger partial charge in [0.1, 0.15) is 0 Å². The fraction of sp³-hybridized carbons (Fsp3) is 0.417. The normalized spacial score (nSPS) is 15.3. The van der Waals surface area contributed by atoms with Gasteiger partial charge in [-0.15, -0.1) is 11.3 Å². The zero-order valence-corrected chi connectivity index (χ0v) is 19.1. The maximum absolute atomic E-state index is 12.9. The lowest BCUT2D eigenvalue weighted by molar-refractivity contribution is -0.132. The van der Waals surface area contributed by atoms with E-state index in [2.05, 4.69) is 35.2 Å². The first-order valence-corrected chi connectivity index (χ1v) is 11.8. The maximum atomic E-state index is 12.9. The summed E-state index contributed by atoms with van der Waals surface area (Å²) in [6.45, 7) is 7.70. The van der Waals surface area contributed by atoms with Crippen molar-refractivity contribution in [1.29, 1.82) is 0 Å². The molecule has 0 aliphatic carbocycles. The molecule has 31 heavy (non-hydrogen) atoms. The van der Waals surface area contributed by atoms with Gasteiger partial charge in [0.15, 0.2) is 5.65 Å². The third-order valence-electron chi connectivity index (χ3n) is 6.38. The van der Waals surface area contributed by atoms with E-state index in [1.165, 1.54) is 9.71 Å². The van der Waals surface area contributed by atoms with E-state index in [4.69, 9.17) is 4.98 Å². The lowest BCUT2D eigenvalue weighted by Crippen LogP contribution is -2.38. The second-order valence-corrected chi connectivity index (χ2v) is 9.55. The van der Waals surface area contributed by atoms with Crippen LogP contribution in [0.4, 0.5) is 0 Å². The largest absolute Gasteiger partial charge is 0.343 e. The minimum atomic E-state index is 0.235. The van der Waals surface area contributed by atoms with Gasteiger partial charge in [0.25, 0.3) is 0 Å². The standard InChI is InChI=1S/C24H27N5OS/c1-15-14-22-25-16(2)19(17(3)29(22)27-15)8-9-23(30)28-12-10-18(11-13-28)24-26-20-6-4-5-7-21(20)31-24/h4-7,14,18H,8-13H2,1-3H3. The fourth-order valence-electron chi connectivity index (χ4n) is 4.63. The highest BCUT2D eigenvalue weighted by Gasteiger charge is 2.26. The summed E-state index contributed by atoms with van der Waals surface area (Å²) in [5.74, 6) is 0.693. The summed E-state index contributed by atoms with van der Waals surface area (Å²) >= 11 is 1.80. The number of nitrogens with zero attached hydrogens (tertiary/aromatic N) is 5. The summed E-state index contributed by atoms with van der Waals surface area (Å²) in [7, 11) is 0. The van der Waals surface area contributed by atoms with Crippen LogP contribution in [0.3, 0.4) is 0 Å². The Labute approximate surface area is 185 Å². The molecule has 3 aromatic heterocycles. The third kappa shape index (κ3) is 3.82. The van der Waals surface area contributed by atoms with Crippen molar-refractivity contribution in [3.63, 3.8) is 0 Å². The van der Waals surface area contributed by atoms with Crippen molar-refractivity contribution in [1.82, 2.24) is 24.5 Å². The first kappa shape index (κ1) is 20.1. The van der Waals surface area contributed by atoms with Gasteiger partial charge >= 0.3 is 0 Å². The quantitative estimate of drug-likeness (QED) is 0.472. The van der Waals surface area contributed by atoms with Gasteiger partial charge in [-0.2, -0.15) is 5.10 Å². The minimum absolute atomic E-state index is 0.235. The van der Waals surface area contributed by atoms with E-state index in [0.717, 1.165) is 59.7 Å². The van der Waals surface area contributed by atoms with E-state index in [1.807, 2.05) is 35.4 Å². The zero-order valence-electron chi connectivity index (χ0n) is 18.3. The highest BCUT2D eigenvalue weighted by molar-refractivity contribution is 7.18. The van der Waals surface area contributed by atoms with Crippen LogP contribution in [0.1, 0.15) is 52.8 Å². The van der Waals surface area contributed by atoms with Crippen LogP contribution in [-0.4, -0.2) is 43.5 Å². The predicted octanol–water partition coefficient (Wildman–Crippen LogP) is 4.60. The number of carbonyl (C=O) groups excluding carboxylic acids is 1. The molecule has 0 spiro atoms. The molecular weight excluding hydrogens is 406 g/mol. The van der Waals surface area contributed by atoms with Crippen LogP contribution in [0, 0.1) is 20.8 Å². The van der Waals surface area contributed by atoms with Gasteiger partial charge in [-0.1, -0.05) is 12.1 Å². The van der Waals surface area contributed by atoms with Crippen molar-refractivity contribution >= 4 is 33.1 Å². The molecule has 160 valence electrons. The topological polar surface area (TPSA) is 63.4 Å². The molecule has 1 aliphatic rings. The number of hydrogen-bond donors (Lipinski definition) is 0. The zero-order chi connectivity index (χ0) is 21.5. The van der Waals surface area contributed by atoms with Gasteiger partial charge in [0.2, 0.25) is 5.91 Å². The molecule has 6 nitrogen and oxygen atoms in total. The average molecular weight is 434 g/mol. The van der Waals surface area contributed by atoms with Crippen LogP contribution in [0.5, 0.6) is 0 Å². The molecule has 1 amide bonds. The van der Waals surface area contributed by atoms with Crippen molar-refractivity contribution in [2.24, 2.45) is 0 Å². The molecule has 1 fully saturated rings. The molecule has 1 aliphatic heterocycles. The molecule has 5 rings (SSSR count). The molecule has 1 aromatic carbocycles. The van der Waals surface area contributed by atoms with Gasteiger partial charge in [-0.25, -0.2) is 14.5 Å². The SMILES string of the molecule is Cc1cc2nc(C)c(CCC(=O)N3CCC(c4nc5ccccc5s4)CC3)c(C)n2n1. The van der Waals surface area contributed by atoms with Crippen molar-refractivity contribution in [2.75, 3.05) is 13.1 Å². The summed E-state index contributed by atoms with van der Waals surface area (Å²) in [4.78, 5) is 24.4. The summed E-state index contributed by atoms with van der Waals surface area (Å²) in [5.41, 5.74) is 6.13. The Kier molecular flexibility index (Phi) is 5.22. The smallest absolute Gasteiger partial charge is 0.222 e. The Balaban J connectivity index is 1.22. The average Bonchev–Trinajstić information content (AvgIpc) is 3.36. The predicted molar refractivity (Wildman–Crippen MR) is 124 cm³/mol. The van der Waals surface area contributed by atoms with Crippen molar-refractivity contribution in [2.45, 2.75) is 52.4 Å². The van der Waals surface area contributed by atoms with Gasteiger partial charge in [0, 0.05) is 42.9 Å². The number of amides is 1. The second-order valence-electron chi connectivity index (χ2n) is 8.49. The number of para-hydroxylation sites is 1. The van der Waals surface area contributed by atoms with Crippen LogP contribution in [0.25, 0.3) is 15.9 Å². The molecule has 0 N–H and O–H groups in total. The molecule has 0 atom stereocenters. The highest BCUT2D eigenvalue weighted by atomic mass is 32.1. The van der Waals surface area contributed by atoms with Gasteiger partial charge in [-0.3, -0.25) is 4.79 Å². The van der Waals surface area contributed by atoms with E-state index in [9.17, 15) is 4.79 Å². The summed E-state index contributed by atoms with van der Waals surface area (Å²) in [6, 6.07) is 10.3. The van der Waals surface area contributed by atoms with Crippen LogP contribution in [0.15, 0.2) is 30.3 Å². The lowest BCUT2D eigenvalue weighted by atomic mass is 9.97. The Morgan fingerprint density at radius 2 is 1.90 bits per heavy atom. The molecule has 0 radical (unpaired) electrons. The number of carbonyl (C=O) groups is 1. The fourth-order valence-corrected chi connectivity index (χ4v) is 5.77. The van der Waals surface area contributed by atoms with Crippen LogP contribution in [-0.2, 0) is 11.2 Å². The monoisotopic (exact) mass is 433 g/mol. The summed E-state index contributed by atoms with van der Waals surface area (Å²) < 4.78 is 3.14. The Morgan fingerprint density at radius 3 is 2.68 bits per heavy atom. The minimum Gasteiger partial charge on any atom is -0.343 e. The van der Waals surface area contributed by atoms with E-state index in [0.29, 0.717) is 18.8 Å². The number of benzene rings is 1. The second kappa shape index (κ2) is 8.04. The molecule has 7 heteroatoms. The number of hydrogen-bond acceptors (Lipinski definition) is 5. The highest BCUT2D eigenvalue weighted by Crippen LogP contribution is 2.34. The van der Waals surface area contributed by atoms with Crippen LogP contribution in [0.2, 0.25) is 0 Å². The number of fused-ring (bicyclic) bond motifs is 2. The summed E-state index contributed by atoms with van der Waals surface area (Å²) in [5, 5.41) is 5.75. The van der Waals surface area contributed by atoms with Gasteiger partial charge < -0.3 is 4.90 Å². The molecule has 0 unspecified atom stereocenters. The van der Waals surface area contributed by atoms with Crippen LogP contribution < -0.4 is 0 Å². The molecular formula is C24H27N5OS. The molecule has 0 bridgehead atoms. The Morgan fingerprint density at radius 1 is 1.13 bits per heavy atom. The van der Waals surface area contributed by atoms with E-state index >= 15 is 0 Å². The van der Waals surface area contributed by atoms with Crippen molar-refractivity contribution in [3.05, 3.63) is 58.0 Å². The summed E-state index contributed by atoms with van der Waals surface area (Å²) in [6.07, 6.45) is 3.20. The van der Waals surface area contributed by atoms with Gasteiger partial charge in [0.05, 0.1) is 20.9 Å². The maximum Gasteiger partial charge on any atom is 0.222 e. The number of rotatable bonds is 4. The van der Waals surface area contributed by atoms with Crippen LogP contribution >= 0.6 is 11.3 Å². The van der Waals surface area contributed by atoms with E-state index in [-0.39, 0.29) is 5.91 Å². The molecule has 4 heterocycles. The van der Waals surface area contributed by atoms with Crippen molar-refractivity contribution < 1.29 is 4.79 Å². The number of likely N-dealkylation sites (tertiary alicyclic amines) is 1. The lowest BCUT2D eigenvalue weighted by Gasteiger charge is -2.31. The first-order chi connectivity index (χ1) is 15.0. The number of thiazole rings is 1. The number of aromatic nitrogens is 4. The Bertz CT molecular complexity index is 1230. The molecule has 0 saturated carbocycles. The van der Waals surface area contributed by atoms with E-state index < -0.39 is 0 Å². The van der Waals surface area contributed by atoms with Crippen molar-refractivity contribution in [3.8, 4) is 0 Å². The number of piperidine rings is 1. The Hall–Kier alpha value is -2.80. The van der Waals surface area contributed by atoms with E-state index in [1.54, 1.807) is 11.3 Å². The first-order valence-electron chi connectivity index (χ1n) is 11.0. The third-order valence-corrected chi connectivity index (χ3v) is 7.58. The molecule has 4 aromatic rings. The number of aryl methyl sites for hydroxylation is 3.